The van der Waals surface area contributed by atoms with Gasteiger partial charge < -0.3 is 10.9 Å². The van der Waals surface area contributed by atoms with E-state index in [1.807, 2.05) is 14.0 Å². The molecule has 0 bridgehead atoms. The van der Waals surface area contributed by atoms with Gasteiger partial charge in [-0.1, -0.05) is 5.16 Å². The molecule has 76 valence electrons. The third-order valence-electron chi connectivity index (χ3n) is 3.10. The summed E-state index contributed by atoms with van der Waals surface area (Å²) < 4.78 is 0. The highest BCUT2D eigenvalue weighted by molar-refractivity contribution is 5.84. The molecular weight excluding hydrogens is 166 g/mol. The van der Waals surface area contributed by atoms with Crippen LogP contribution in [0.5, 0.6) is 0 Å². The quantitative estimate of drug-likeness (QED) is 0.295. The number of rotatable bonds is 4. The lowest BCUT2D eigenvalue weighted by molar-refractivity contribution is 0.210. The molecule has 1 aliphatic rings. The number of hydrogen-bond acceptors (Lipinski definition) is 3. The van der Waals surface area contributed by atoms with Crippen molar-refractivity contribution in [3.8, 4) is 0 Å². The summed E-state index contributed by atoms with van der Waals surface area (Å²) >= 11 is 0. The van der Waals surface area contributed by atoms with Crippen molar-refractivity contribution in [2.24, 2.45) is 16.8 Å². The first-order valence-corrected chi connectivity index (χ1v) is 4.77. The predicted octanol–water partition coefficient (Wildman–Crippen LogP) is 0.852. The van der Waals surface area contributed by atoms with Crippen LogP contribution in [-0.2, 0) is 0 Å². The van der Waals surface area contributed by atoms with Gasteiger partial charge in [0.25, 0.3) is 0 Å². The molecule has 3 N–H and O–H groups in total. The fourth-order valence-corrected chi connectivity index (χ4v) is 1.56. The smallest absolute Gasteiger partial charge is 0.156 e. The molecule has 1 aliphatic carbocycles. The summed E-state index contributed by atoms with van der Waals surface area (Å²) in [5, 5.41) is 11.6. The van der Waals surface area contributed by atoms with Crippen molar-refractivity contribution in [2.45, 2.75) is 38.8 Å². The summed E-state index contributed by atoms with van der Waals surface area (Å²) in [6.45, 7) is 4.15. The molecule has 4 heteroatoms. The maximum absolute atomic E-state index is 8.53. The van der Waals surface area contributed by atoms with E-state index in [2.05, 4.69) is 17.0 Å². The highest BCUT2D eigenvalue weighted by Gasteiger charge is 2.32. The summed E-state index contributed by atoms with van der Waals surface area (Å²) in [6.07, 6.45) is 2.63. The predicted molar refractivity (Wildman–Crippen MR) is 52.8 cm³/mol. The molecule has 0 aromatic carbocycles. The molecule has 0 amide bonds. The van der Waals surface area contributed by atoms with E-state index in [0.717, 1.165) is 5.92 Å². The monoisotopic (exact) mass is 185 g/mol. The van der Waals surface area contributed by atoms with Gasteiger partial charge in [0.1, 0.15) is 0 Å². The first-order chi connectivity index (χ1) is 6.07. The van der Waals surface area contributed by atoms with Gasteiger partial charge in [-0.25, -0.2) is 0 Å². The molecule has 0 aromatic rings. The number of likely N-dealkylation sites (N-methyl/N-ethyl adjacent to an activating group) is 1. The van der Waals surface area contributed by atoms with Gasteiger partial charge >= 0.3 is 0 Å². The van der Waals surface area contributed by atoms with E-state index >= 15 is 0 Å². The van der Waals surface area contributed by atoms with Crippen molar-refractivity contribution in [3.63, 3.8) is 0 Å². The van der Waals surface area contributed by atoms with E-state index in [4.69, 9.17) is 10.9 Å². The van der Waals surface area contributed by atoms with Crippen LogP contribution in [0.25, 0.3) is 0 Å². The van der Waals surface area contributed by atoms with Crippen LogP contribution >= 0.6 is 0 Å². The Balaban J connectivity index is 2.49. The van der Waals surface area contributed by atoms with Gasteiger partial charge in [0.2, 0.25) is 0 Å². The number of nitrogens with two attached hydrogens (primary N) is 1. The van der Waals surface area contributed by atoms with Crippen LogP contribution < -0.4 is 5.73 Å². The highest BCUT2D eigenvalue weighted by Crippen LogP contribution is 2.35. The van der Waals surface area contributed by atoms with Crippen LogP contribution in [0.4, 0.5) is 0 Å². The van der Waals surface area contributed by atoms with E-state index < -0.39 is 0 Å². The van der Waals surface area contributed by atoms with Crippen molar-refractivity contribution in [3.05, 3.63) is 0 Å². The van der Waals surface area contributed by atoms with E-state index in [1.54, 1.807) is 0 Å². The Kier molecular flexibility index (Phi) is 3.14. The molecule has 0 heterocycles. The molecule has 0 radical (unpaired) electrons. The molecule has 0 aliphatic heterocycles. The number of hydrogen-bond donors (Lipinski definition) is 2. The minimum atomic E-state index is 0.0144. The summed E-state index contributed by atoms with van der Waals surface area (Å²) in [5.74, 6) is 1.09. The first-order valence-electron chi connectivity index (χ1n) is 4.77. The molecule has 1 fully saturated rings. The van der Waals surface area contributed by atoms with Crippen molar-refractivity contribution in [2.75, 3.05) is 7.05 Å². The van der Waals surface area contributed by atoms with Crippen LogP contribution in [-0.4, -0.2) is 35.1 Å². The molecule has 0 saturated heterocycles. The van der Waals surface area contributed by atoms with Crippen molar-refractivity contribution in [1.29, 1.82) is 0 Å². The normalized spacial score (nSPS) is 23.2. The zero-order valence-corrected chi connectivity index (χ0v) is 8.57. The van der Waals surface area contributed by atoms with Crippen LogP contribution in [0.3, 0.4) is 0 Å². The largest absolute Gasteiger partial charge is 0.409 e. The first kappa shape index (κ1) is 10.3. The van der Waals surface area contributed by atoms with Gasteiger partial charge in [0.15, 0.2) is 5.84 Å². The summed E-state index contributed by atoms with van der Waals surface area (Å²) in [5.41, 5.74) is 5.53. The fourth-order valence-electron chi connectivity index (χ4n) is 1.56. The molecule has 0 spiro atoms. The Morgan fingerprint density at radius 2 is 2.08 bits per heavy atom. The minimum Gasteiger partial charge on any atom is -0.409 e. The Morgan fingerprint density at radius 1 is 1.54 bits per heavy atom. The minimum absolute atomic E-state index is 0.0144. The number of oxime groups is 1. The molecular formula is C9H19N3O. The van der Waals surface area contributed by atoms with E-state index in [9.17, 15) is 0 Å². The molecule has 2 atom stereocenters. The van der Waals surface area contributed by atoms with Gasteiger partial charge in [-0.2, -0.15) is 0 Å². The van der Waals surface area contributed by atoms with E-state index in [1.165, 1.54) is 12.8 Å². The second-order valence-corrected chi connectivity index (χ2v) is 3.94. The average Bonchev–Trinajstić information content (AvgIpc) is 2.96. The third kappa shape index (κ3) is 2.34. The van der Waals surface area contributed by atoms with Crippen molar-refractivity contribution in [1.82, 2.24) is 4.90 Å². The maximum Gasteiger partial charge on any atom is 0.156 e. The Labute approximate surface area is 79.4 Å². The van der Waals surface area contributed by atoms with Gasteiger partial charge in [-0.3, -0.25) is 4.90 Å². The lowest BCUT2D eigenvalue weighted by atomic mass is 10.1. The number of amidine groups is 1. The summed E-state index contributed by atoms with van der Waals surface area (Å²) in [7, 11) is 2.02. The Morgan fingerprint density at radius 3 is 2.46 bits per heavy atom. The van der Waals surface area contributed by atoms with Gasteiger partial charge in [0, 0.05) is 6.04 Å². The lowest BCUT2D eigenvalue weighted by Gasteiger charge is -2.29. The van der Waals surface area contributed by atoms with Gasteiger partial charge in [0.05, 0.1) is 6.04 Å². The average molecular weight is 185 g/mol. The summed E-state index contributed by atoms with van der Waals surface area (Å²) in [4.78, 5) is 2.16. The van der Waals surface area contributed by atoms with Crippen molar-refractivity contribution < 1.29 is 5.21 Å². The Bertz CT molecular complexity index is 201. The second kappa shape index (κ2) is 3.96. The molecule has 13 heavy (non-hydrogen) atoms. The lowest BCUT2D eigenvalue weighted by Crippen LogP contribution is -2.45. The van der Waals surface area contributed by atoms with Crippen LogP contribution in [0.2, 0.25) is 0 Å². The summed E-state index contributed by atoms with van der Waals surface area (Å²) in [6, 6.07) is 0.538. The van der Waals surface area contributed by atoms with Crippen LogP contribution in [0.1, 0.15) is 26.7 Å². The fraction of sp³-hybridized carbons (Fsp3) is 0.889. The Hall–Kier alpha value is -0.770. The van der Waals surface area contributed by atoms with Gasteiger partial charge in [-0.05, 0) is 39.7 Å². The zero-order chi connectivity index (χ0) is 10.0. The standard InChI is InChI=1S/C9H19N3O/c1-6(8-4-5-8)12(3)7(2)9(10)11-13/h6-8,13H,4-5H2,1-3H3,(H2,10,11). The van der Waals surface area contributed by atoms with Crippen LogP contribution in [0.15, 0.2) is 5.16 Å². The SMILES string of the molecule is CC(C(N)=NO)N(C)C(C)C1CC1. The zero-order valence-electron chi connectivity index (χ0n) is 8.57. The van der Waals surface area contributed by atoms with E-state index in [-0.39, 0.29) is 11.9 Å². The molecule has 0 aromatic heterocycles. The highest BCUT2D eigenvalue weighted by atomic mass is 16.4. The third-order valence-corrected chi connectivity index (χ3v) is 3.10. The molecule has 1 rings (SSSR count). The van der Waals surface area contributed by atoms with E-state index in [0.29, 0.717) is 6.04 Å². The molecule has 4 nitrogen and oxygen atoms in total. The van der Waals surface area contributed by atoms with Crippen molar-refractivity contribution >= 4 is 5.84 Å². The molecule has 2 unspecified atom stereocenters. The molecule has 1 saturated carbocycles. The van der Waals surface area contributed by atoms with Gasteiger partial charge in [-0.15, -0.1) is 0 Å². The maximum atomic E-state index is 8.53. The van der Waals surface area contributed by atoms with Crippen LogP contribution in [0, 0.1) is 5.92 Å². The number of nitrogens with zero attached hydrogens (tertiary/aromatic N) is 2. The topological polar surface area (TPSA) is 61.9 Å². The second-order valence-electron chi connectivity index (χ2n) is 3.94.